The normalized spacial score (nSPS) is 19.3. The van der Waals surface area contributed by atoms with Gasteiger partial charge in [-0.1, -0.05) is 11.6 Å². The van der Waals surface area contributed by atoms with E-state index in [1.54, 1.807) is 18.3 Å². The first kappa shape index (κ1) is 15.8. The lowest BCUT2D eigenvalue weighted by Gasteiger charge is -2.32. The van der Waals surface area contributed by atoms with E-state index in [9.17, 15) is 0 Å². The molecule has 0 radical (unpaired) electrons. The molecule has 5 nitrogen and oxygen atoms in total. The summed E-state index contributed by atoms with van der Waals surface area (Å²) < 4.78 is 17.7. The zero-order chi connectivity index (χ0) is 15.4. The molecule has 2 aromatic heterocycles. The quantitative estimate of drug-likeness (QED) is 0.787. The monoisotopic (exact) mass is 386 g/mol. The number of morpholine rings is 1. The molecule has 1 fully saturated rings. The Morgan fingerprint density at radius 3 is 3.00 bits per heavy atom. The molecule has 118 valence electrons. The molecular formula is C15H16BrClN2O3. The Balaban J connectivity index is 1.49. The number of furan rings is 1. The van der Waals surface area contributed by atoms with E-state index in [2.05, 4.69) is 25.8 Å². The van der Waals surface area contributed by atoms with E-state index in [1.165, 1.54) is 0 Å². The molecule has 0 spiro atoms. The van der Waals surface area contributed by atoms with Crippen molar-refractivity contribution in [2.45, 2.75) is 12.6 Å². The van der Waals surface area contributed by atoms with Crippen LogP contribution in [0.4, 0.5) is 0 Å². The smallest absolute Gasteiger partial charge is 0.213 e. The summed E-state index contributed by atoms with van der Waals surface area (Å²) in [4.78, 5) is 6.40. The van der Waals surface area contributed by atoms with Gasteiger partial charge in [-0.15, -0.1) is 0 Å². The van der Waals surface area contributed by atoms with E-state index in [0.717, 1.165) is 30.1 Å². The minimum atomic E-state index is 0.0182. The summed E-state index contributed by atoms with van der Waals surface area (Å²) in [7, 11) is 0. The fraction of sp³-hybridized carbons (Fsp3) is 0.400. The number of aromatic nitrogens is 1. The maximum Gasteiger partial charge on any atom is 0.213 e. The number of ether oxygens (including phenoxy) is 2. The van der Waals surface area contributed by atoms with Crippen LogP contribution in [0.25, 0.3) is 0 Å². The Morgan fingerprint density at radius 1 is 1.36 bits per heavy atom. The minimum Gasteiger partial charge on any atom is -0.475 e. The van der Waals surface area contributed by atoms with E-state index in [1.807, 2.05) is 12.1 Å². The summed E-state index contributed by atoms with van der Waals surface area (Å²) >= 11 is 9.12. The van der Waals surface area contributed by atoms with Gasteiger partial charge in [0.25, 0.3) is 0 Å². The Morgan fingerprint density at radius 2 is 2.27 bits per heavy atom. The highest BCUT2D eigenvalue weighted by molar-refractivity contribution is 9.10. The van der Waals surface area contributed by atoms with Crippen LogP contribution in [-0.2, 0) is 11.3 Å². The van der Waals surface area contributed by atoms with Crippen LogP contribution in [0.1, 0.15) is 5.76 Å². The zero-order valence-electron chi connectivity index (χ0n) is 11.9. The van der Waals surface area contributed by atoms with E-state index >= 15 is 0 Å². The summed E-state index contributed by atoms with van der Waals surface area (Å²) in [6.07, 6.45) is 1.59. The van der Waals surface area contributed by atoms with Crippen LogP contribution in [0, 0.1) is 0 Å². The van der Waals surface area contributed by atoms with E-state index in [4.69, 9.17) is 25.5 Å². The average Bonchev–Trinajstić information content (AvgIpc) is 2.92. The predicted octanol–water partition coefficient (Wildman–Crippen LogP) is 3.37. The largest absolute Gasteiger partial charge is 0.475 e. The van der Waals surface area contributed by atoms with Crippen LogP contribution >= 0.6 is 27.5 Å². The first-order valence-corrected chi connectivity index (χ1v) is 8.18. The molecule has 1 saturated heterocycles. The van der Waals surface area contributed by atoms with Gasteiger partial charge in [0.2, 0.25) is 5.88 Å². The molecule has 0 bridgehead atoms. The van der Waals surface area contributed by atoms with E-state index in [-0.39, 0.29) is 6.10 Å². The molecule has 2 aromatic rings. The standard InChI is InChI=1S/C15H16BrClN2O3/c16-14-3-2-12(22-14)8-19-5-6-20-13(9-19)10-21-15-4-1-11(17)7-18-15/h1-4,7,13H,5-6,8-10H2. The summed E-state index contributed by atoms with van der Waals surface area (Å²) in [5, 5.41) is 0.594. The van der Waals surface area contributed by atoms with Crippen LogP contribution in [-0.4, -0.2) is 42.3 Å². The molecule has 0 aliphatic carbocycles. The topological polar surface area (TPSA) is 47.7 Å². The van der Waals surface area contributed by atoms with Gasteiger partial charge in [-0.3, -0.25) is 4.90 Å². The average molecular weight is 388 g/mol. The van der Waals surface area contributed by atoms with Crippen molar-refractivity contribution in [1.29, 1.82) is 0 Å². The van der Waals surface area contributed by atoms with Crippen molar-refractivity contribution >= 4 is 27.5 Å². The molecule has 22 heavy (non-hydrogen) atoms. The van der Waals surface area contributed by atoms with Gasteiger partial charge in [0.1, 0.15) is 18.5 Å². The number of rotatable bonds is 5. The number of pyridine rings is 1. The predicted molar refractivity (Wildman–Crippen MR) is 86.2 cm³/mol. The molecule has 3 rings (SSSR count). The Kier molecular flexibility index (Phi) is 5.36. The van der Waals surface area contributed by atoms with Crippen LogP contribution in [0.3, 0.4) is 0 Å². The van der Waals surface area contributed by atoms with Crippen molar-refractivity contribution in [2.75, 3.05) is 26.3 Å². The lowest BCUT2D eigenvalue weighted by Crippen LogP contribution is -2.44. The molecule has 1 unspecified atom stereocenters. The van der Waals surface area contributed by atoms with Crippen LogP contribution < -0.4 is 4.74 Å². The van der Waals surface area contributed by atoms with Gasteiger partial charge < -0.3 is 13.9 Å². The van der Waals surface area contributed by atoms with E-state index in [0.29, 0.717) is 24.1 Å². The maximum absolute atomic E-state index is 5.80. The Hall–Kier alpha value is -1.08. The van der Waals surface area contributed by atoms with Crippen molar-refractivity contribution < 1.29 is 13.9 Å². The van der Waals surface area contributed by atoms with Crippen LogP contribution in [0.2, 0.25) is 5.02 Å². The van der Waals surface area contributed by atoms with Crippen LogP contribution in [0.15, 0.2) is 39.5 Å². The zero-order valence-corrected chi connectivity index (χ0v) is 14.2. The Labute approximate surface area is 142 Å². The SMILES string of the molecule is Clc1ccc(OCC2CN(Cc3ccc(Br)o3)CCO2)nc1. The van der Waals surface area contributed by atoms with Gasteiger partial charge in [0.05, 0.1) is 18.2 Å². The highest BCUT2D eigenvalue weighted by Crippen LogP contribution is 2.18. The van der Waals surface area contributed by atoms with Gasteiger partial charge in [-0.25, -0.2) is 4.98 Å². The summed E-state index contributed by atoms with van der Waals surface area (Å²) in [6, 6.07) is 7.39. The molecule has 7 heteroatoms. The number of halogens is 2. The lowest BCUT2D eigenvalue weighted by atomic mass is 10.2. The van der Waals surface area contributed by atoms with Gasteiger partial charge in [0.15, 0.2) is 4.67 Å². The molecule has 1 aliphatic rings. The Bertz CT molecular complexity index is 605. The second-order valence-corrected chi connectivity index (χ2v) is 6.28. The summed E-state index contributed by atoms with van der Waals surface area (Å²) in [5.74, 6) is 1.49. The van der Waals surface area contributed by atoms with E-state index < -0.39 is 0 Å². The second kappa shape index (κ2) is 7.46. The minimum absolute atomic E-state index is 0.0182. The third kappa shape index (κ3) is 4.46. The number of hydrogen-bond acceptors (Lipinski definition) is 5. The van der Waals surface area contributed by atoms with Crippen LogP contribution in [0.5, 0.6) is 5.88 Å². The molecule has 0 N–H and O–H groups in total. The number of hydrogen-bond donors (Lipinski definition) is 0. The van der Waals surface area contributed by atoms with Crippen molar-refractivity contribution in [3.05, 3.63) is 45.9 Å². The highest BCUT2D eigenvalue weighted by Gasteiger charge is 2.22. The van der Waals surface area contributed by atoms with Gasteiger partial charge in [-0.2, -0.15) is 0 Å². The first-order chi connectivity index (χ1) is 10.7. The lowest BCUT2D eigenvalue weighted by molar-refractivity contribution is -0.0524. The van der Waals surface area contributed by atoms with Gasteiger partial charge in [-0.05, 0) is 34.1 Å². The molecular weight excluding hydrogens is 372 g/mol. The molecule has 1 atom stereocenters. The van der Waals surface area contributed by atoms with Gasteiger partial charge in [0, 0.05) is 25.4 Å². The fourth-order valence-corrected chi connectivity index (χ4v) is 2.76. The second-order valence-electron chi connectivity index (χ2n) is 5.06. The molecule has 0 saturated carbocycles. The molecule has 3 heterocycles. The number of nitrogens with zero attached hydrogens (tertiary/aromatic N) is 2. The maximum atomic E-state index is 5.80. The highest BCUT2D eigenvalue weighted by atomic mass is 79.9. The summed E-state index contributed by atoms with van der Waals surface area (Å²) in [6.45, 7) is 3.60. The third-order valence-corrected chi connectivity index (χ3v) is 4.00. The fourth-order valence-electron chi connectivity index (χ4n) is 2.31. The summed E-state index contributed by atoms with van der Waals surface area (Å²) in [5.41, 5.74) is 0. The molecule has 0 amide bonds. The van der Waals surface area contributed by atoms with Crippen molar-refractivity contribution in [1.82, 2.24) is 9.88 Å². The molecule has 0 aromatic carbocycles. The molecule has 1 aliphatic heterocycles. The van der Waals surface area contributed by atoms with Crippen molar-refractivity contribution in [2.24, 2.45) is 0 Å². The first-order valence-electron chi connectivity index (χ1n) is 7.01. The third-order valence-electron chi connectivity index (χ3n) is 3.35. The van der Waals surface area contributed by atoms with Gasteiger partial charge >= 0.3 is 0 Å². The van der Waals surface area contributed by atoms with Crippen molar-refractivity contribution in [3.63, 3.8) is 0 Å². The van der Waals surface area contributed by atoms with Crippen molar-refractivity contribution in [3.8, 4) is 5.88 Å².